The number of aliphatic hydroxyl groups excluding tert-OH is 4. The third kappa shape index (κ3) is 3.43. The minimum Gasteiger partial charge on any atom is -0.507 e. The van der Waals surface area contributed by atoms with Gasteiger partial charge in [0.25, 0.3) is 0 Å². The second-order valence-electron chi connectivity index (χ2n) is 7.74. The lowest BCUT2D eigenvalue weighted by molar-refractivity contribution is -0.232. The average molecular weight is 480 g/mol. The predicted octanol–water partition coefficient (Wildman–Crippen LogP) is -0.792. The van der Waals surface area contributed by atoms with Crippen molar-refractivity contribution in [3.63, 3.8) is 0 Å². The van der Waals surface area contributed by atoms with Crippen LogP contribution in [0.3, 0.4) is 0 Å². The minimum absolute atomic E-state index is 0.465. The smallest absolute Gasteiger partial charge is 0.197 e. The fourth-order valence-corrected chi connectivity index (χ4v) is 3.92. The highest BCUT2D eigenvalue weighted by atomic mass is 16.5. The van der Waals surface area contributed by atoms with Gasteiger partial charge in [0.15, 0.2) is 28.4 Å². The maximum atomic E-state index is 12.8. The van der Waals surface area contributed by atoms with Crippen molar-refractivity contribution >= 4 is 11.0 Å². The Hall–Kier alpha value is -3.75. The minimum atomic E-state index is -1.87. The molecule has 34 heavy (non-hydrogen) atoms. The van der Waals surface area contributed by atoms with Gasteiger partial charge < -0.3 is 60.2 Å². The second kappa shape index (κ2) is 8.23. The van der Waals surface area contributed by atoms with Gasteiger partial charge in [-0.2, -0.15) is 0 Å². The van der Waals surface area contributed by atoms with Crippen LogP contribution < -0.4 is 5.43 Å². The maximum absolute atomic E-state index is 12.8. The lowest BCUT2D eigenvalue weighted by Crippen LogP contribution is -2.55. The Kier molecular flexibility index (Phi) is 5.67. The number of rotatable bonds is 3. The molecule has 2 heterocycles. The van der Waals surface area contributed by atoms with Gasteiger partial charge in [-0.25, -0.2) is 0 Å². The topological polar surface area (TPSA) is 242 Å². The molecule has 10 N–H and O–H groups in total. The molecule has 1 saturated heterocycles. The number of hydrogen-bond acceptors (Lipinski definition) is 13. The standard InChI is InChI=1S/C21H20O13/c22-4-11-17(29)19(31)20(32)21(34-11)13-6(24)3-9-12(18(13)30)5(23)2-10(33-9)14-15(27)7(25)1-8(26)16(14)28/h1-3,11,17,19-22,24-32H,4H2. The molecule has 1 aliphatic rings. The van der Waals surface area contributed by atoms with Crippen molar-refractivity contribution in [1.82, 2.24) is 0 Å². The molecule has 0 spiro atoms. The van der Waals surface area contributed by atoms with Crippen LogP contribution in [0.15, 0.2) is 27.4 Å². The first kappa shape index (κ1) is 23.4. The molecule has 0 bridgehead atoms. The van der Waals surface area contributed by atoms with E-state index in [1.54, 1.807) is 0 Å². The summed E-state index contributed by atoms with van der Waals surface area (Å²) in [5.74, 6) is -5.76. The van der Waals surface area contributed by atoms with Crippen molar-refractivity contribution in [3.05, 3.63) is 34.0 Å². The molecular formula is C21H20O13. The van der Waals surface area contributed by atoms with Gasteiger partial charge in [0, 0.05) is 18.2 Å². The van der Waals surface area contributed by atoms with E-state index in [2.05, 4.69) is 0 Å². The maximum Gasteiger partial charge on any atom is 0.197 e. The monoisotopic (exact) mass is 480 g/mol. The van der Waals surface area contributed by atoms with Crippen LogP contribution in [0.2, 0.25) is 0 Å². The van der Waals surface area contributed by atoms with E-state index in [4.69, 9.17) is 9.15 Å². The first-order valence-corrected chi connectivity index (χ1v) is 9.78. The van der Waals surface area contributed by atoms with Gasteiger partial charge in [0.2, 0.25) is 0 Å². The molecule has 182 valence electrons. The Bertz CT molecular complexity index is 1300. The highest BCUT2D eigenvalue weighted by Crippen LogP contribution is 2.49. The lowest BCUT2D eigenvalue weighted by atomic mass is 9.89. The predicted molar refractivity (Wildman–Crippen MR) is 111 cm³/mol. The van der Waals surface area contributed by atoms with E-state index in [0.29, 0.717) is 12.1 Å². The summed E-state index contributed by atoms with van der Waals surface area (Å²) in [6.07, 6.45) is -8.43. The summed E-state index contributed by atoms with van der Waals surface area (Å²) >= 11 is 0. The van der Waals surface area contributed by atoms with Crippen LogP contribution in [0.25, 0.3) is 22.3 Å². The molecule has 1 aliphatic heterocycles. The van der Waals surface area contributed by atoms with Crippen molar-refractivity contribution in [3.8, 4) is 45.8 Å². The first-order chi connectivity index (χ1) is 16.0. The Morgan fingerprint density at radius 1 is 0.765 bits per heavy atom. The van der Waals surface area contributed by atoms with E-state index >= 15 is 0 Å². The third-order valence-electron chi connectivity index (χ3n) is 5.67. The van der Waals surface area contributed by atoms with E-state index in [-0.39, 0.29) is 0 Å². The van der Waals surface area contributed by atoms with E-state index in [0.717, 1.165) is 6.07 Å². The van der Waals surface area contributed by atoms with Gasteiger partial charge in [0.05, 0.1) is 12.2 Å². The van der Waals surface area contributed by atoms with Crippen molar-refractivity contribution in [1.29, 1.82) is 0 Å². The van der Waals surface area contributed by atoms with Crippen LogP contribution in [-0.2, 0) is 4.74 Å². The van der Waals surface area contributed by atoms with Gasteiger partial charge in [-0.15, -0.1) is 0 Å². The Labute approximate surface area is 188 Å². The fourth-order valence-electron chi connectivity index (χ4n) is 3.92. The molecule has 5 atom stereocenters. The molecule has 13 nitrogen and oxygen atoms in total. The molecule has 0 amide bonds. The van der Waals surface area contributed by atoms with Crippen LogP contribution >= 0.6 is 0 Å². The van der Waals surface area contributed by atoms with E-state index < -0.39 is 105 Å². The molecule has 0 radical (unpaired) electrons. The molecule has 1 fully saturated rings. The number of phenols is 6. The summed E-state index contributed by atoms with van der Waals surface area (Å²) in [5.41, 5.74) is -2.62. The zero-order valence-corrected chi connectivity index (χ0v) is 17.0. The van der Waals surface area contributed by atoms with Crippen LogP contribution in [0.5, 0.6) is 34.5 Å². The first-order valence-electron chi connectivity index (χ1n) is 9.78. The molecule has 3 aromatic rings. The van der Waals surface area contributed by atoms with Crippen molar-refractivity contribution in [2.24, 2.45) is 0 Å². The molecule has 2 aromatic carbocycles. The average Bonchev–Trinajstić information content (AvgIpc) is 2.77. The van der Waals surface area contributed by atoms with Gasteiger partial charge in [-0.3, -0.25) is 4.79 Å². The summed E-state index contributed by atoms with van der Waals surface area (Å²) in [6, 6.07) is 2.20. The highest BCUT2D eigenvalue weighted by molar-refractivity contribution is 5.89. The zero-order valence-electron chi connectivity index (χ0n) is 17.0. The largest absolute Gasteiger partial charge is 0.507 e. The number of fused-ring (bicyclic) bond motifs is 1. The molecule has 13 heteroatoms. The van der Waals surface area contributed by atoms with Crippen molar-refractivity contribution in [2.75, 3.05) is 6.61 Å². The number of hydrogen-bond donors (Lipinski definition) is 10. The summed E-state index contributed by atoms with van der Waals surface area (Å²) < 4.78 is 10.8. The van der Waals surface area contributed by atoms with Gasteiger partial charge in [0.1, 0.15) is 64.3 Å². The summed E-state index contributed by atoms with van der Waals surface area (Å²) in [7, 11) is 0. The van der Waals surface area contributed by atoms with Gasteiger partial charge in [-0.1, -0.05) is 0 Å². The second-order valence-corrected chi connectivity index (χ2v) is 7.74. The number of aliphatic hydroxyl groups is 4. The quantitative estimate of drug-likeness (QED) is 0.163. The molecule has 5 unspecified atom stereocenters. The van der Waals surface area contributed by atoms with Gasteiger partial charge >= 0.3 is 0 Å². The number of ether oxygens (including phenoxy) is 1. The van der Waals surface area contributed by atoms with E-state index in [1.165, 1.54) is 0 Å². The molecule has 1 aromatic heterocycles. The third-order valence-corrected chi connectivity index (χ3v) is 5.67. The number of phenolic OH excluding ortho intramolecular Hbond substituents is 6. The summed E-state index contributed by atoms with van der Waals surface area (Å²) in [6.45, 7) is -0.772. The van der Waals surface area contributed by atoms with Crippen LogP contribution in [0.1, 0.15) is 11.7 Å². The zero-order chi connectivity index (χ0) is 25.1. The van der Waals surface area contributed by atoms with E-state index in [9.17, 15) is 55.9 Å². The lowest BCUT2D eigenvalue weighted by Gasteiger charge is -2.40. The summed E-state index contributed by atoms with van der Waals surface area (Å²) in [5, 5.41) is 100.0. The fraction of sp³-hybridized carbons (Fsp3) is 0.286. The molecule has 4 rings (SSSR count). The Morgan fingerprint density at radius 3 is 1.97 bits per heavy atom. The summed E-state index contributed by atoms with van der Waals surface area (Å²) in [4.78, 5) is 12.8. The van der Waals surface area contributed by atoms with Crippen molar-refractivity contribution < 1.29 is 60.2 Å². The molecular weight excluding hydrogens is 460 g/mol. The Morgan fingerprint density at radius 2 is 1.38 bits per heavy atom. The SMILES string of the molecule is O=c1cc(-c2c(O)c(O)cc(O)c2O)oc2cc(O)c(C3OC(CO)C(O)C(O)C3O)c(O)c12. The highest BCUT2D eigenvalue weighted by Gasteiger charge is 2.46. The number of aromatic hydroxyl groups is 6. The number of benzene rings is 2. The van der Waals surface area contributed by atoms with E-state index in [1.807, 2.05) is 0 Å². The van der Waals surface area contributed by atoms with Crippen molar-refractivity contribution in [2.45, 2.75) is 30.5 Å². The molecule has 0 saturated carbocycles. The normalized spacial score (nSPS) is 25.0. The van der Waals surface area contributed by atoms with Crippen LogP contribution in [0.4, 0.5) is 0 Å². The Balaban J connectivity index is 1.92. The van der Waals surface area contributed by atoms with Crippen LogP contribution in [0, 0.1) is 0 Å². The molecule has 0 aliphatic carbocycles. The van der Waals surface area contributed by atoms with Gasteiger partial charge in [-0.05, 0) is 0 Å². The van der Waals surface area contributed by atoms with Crippen LogP contribution in [-0.4, -0.2) is 82.1 Å².